The van der Waals surface area contributed by atoms with Crippen molar-refractivity contribution in [2.45, 2.75) is 0 Å². The van der Waals surface area contributed by atoms with Crippen LogP contribution in [0.4, 0.5) is 0 Å². The van der Waals surface area contributed by atoms with E-state index in [1.54, 1.807) is 30.3 Å². The van der Waals surface area contributed by atoms with E-state index in [0.717, 1.165) is 0 Å². The lowest BCUT2D eigenvalue weighted by Gasteiger charge is -2.03. The van der Waals surface area contributed by atoms with Gasteiger partial charge in [0.1, 0.15) is 5.75 Å². The first-order chi connectivity index (χ1) is 8.66. The lowest BCUT2D eigenvalue weighted by Crippen LogP contribution is -2.12. The number of phenolic OH excluding ortho intramolecular Hbond substituents is 1. The summed E-state index contributed by atoms with van der Waals surface area (Å²) in [6.07, 6.45) is 0. The number of rotatable bonds is 2. The van der Waals surface area contributed by atoms with Crippen LogP contribution >= 0.6 is 0 Å². The fraction of sp³-hybridized carbons (Fsp3) is 0. The number of aromatic hydroxyl groups is 1. The van der Waals surface area contributed by atoms with E-state index in [-0.39, 0.29) is 11.3 Å². The van der Waals surface area contributed by atoms with Crippen molar-refractivity contribution in [3.8, 4) is 5.75 Å². The monoisotopic (exact) mass is 242 g/mol. The predicted molar refractivity (Wildman–Crippen MR) is 64.3 cm³/mol. The second-order valence-electron chi connectivity index (χ2n) is 3.59. The summed E-state index contributed by atoms with van der Waals surface area (Å²) in [7, 11) is 0. The Hall–Kier alpha value is -2.62. The largest absolute Gasteiger partial charge is 0.508 e. The summed E-state index contributed by atoms with van der Waals surface area (Å²) in [4.78, 5) is 23.2. The highest BCUT2D eigenvalue weighted by molar-refractivity contribution is 6.02. The maximum absolute atomic E-state index is 11.6. The second-order valence-corrected chi connectivity index (χ2v) is 3.59. The van der Waals surface area contributed by atoms with Crippen molar-refractivity contribution in [3.05, 3.63) is 65.7 Å². The molecule has 1 N–H and O–H groups in total. The molecular weight excluding hydrogens is 232 g/mol. The Bertz CT molecular complexity index is 558. The van der Waals surface area contributed by atoms with Crippen LogP contribution in [-0.4, -0.2) is 17.0 Å². The maximum atomic E-state index is 11.6. The van der Waals surface area contributed by atoms with Crippen LogP contribution in [0.15, 0.2) is 54.6 Å². The van der Waals surface area contributed by atoms with Crippen LogP contribution in [0.25, 0.3) is 0 Å². The van der Waals surface area contributed by atoms with Crippen LogP contribution in [0.2, 0.25) is 0 Å². The molecule has 2 aromatic carbocycles. The first-order valence-electron chi connectivity index (χ1n) is 5.27. The molecule has 0 unspecified atom stereocenters. The van der Waals surface area contributed by atoms with Crippen molar-refractivity contribution >= 4 is 11.9 Å². The molecule has 90 valence electrons. The van der Waals surface area contributed by atoms with Crippen molar-refractivity contribution < 1.29 is 19.4 Å². The van der Waals surface area contributed by atoms with Gasteiger partial charge in [-0.15, -0.1) is 0 Å². The van der Waals surface area contributed by atoms with Gasteiger partial charge in [-0.3, -0.25) is 0 Å². The third-order valence-corrected chi connectivity index (χ3v) is 2.30. The van der Waals surface area contributed by atoms with E-state index in [4.69, 9.17) is 9.84 Å². The lowest BCUT2D eigenvalue weighted by molar-refractivity contribution is 0.0398. The normalized spacial score (nSPS) is 9.78. The van der Waals surface area contributed by atoms with Gasteiger partial charge >= 0.3 is 11.9 Å². The number of hydrogen-bond donors (Lipinski definition) is 1. The van der Waals surface area contributed by atoms with Gasteiger partial charge in [-0.05, 0) is 36.4 Å². The van der Waals surface area contributed by atoms with Crippen LogP contribution in [-0.2, 0) is 4.74 Å². The average Bonchev–Trinajstić information content (AvgIpc) is 2.40. The zero-order chi connectivity index (χ0) is 13.0. The Morgan fingerprint density at radius 3 is 1.83 bits per heavy atom. The smallest absolute Gasteiger partial charge is 0.346 e. The lowest BCUT2D eigenvalue weighted by atomic mass is 10.2. The number of phenols is 1. The number of hydrogen-bond acceptors (Lipinski definition) is 4. The number of carbonyl (C=O) groups excluding carboxylic acids is 2. The fourth-order valence-electron chi connectivity index (χ4n) is 1.37. The Morgan fingerprint density at radius 1 is 0.778 bits per heavy atom. The molecular formula is C14H10O4. The van der Waals surface area contributed by atoms with Gasteiger partial charge in [0.15, 0.2) is 0 Å². The van der Waals surface area contributed by atoms with Crippen molar-refractivity contribution in [2.24, 2.45) is 0 Å². The molecule has 0 bridgehead atoms. The molecule has 4 heteroatoms. The van der Waals surface area contributed by atoms with E-state index < -0.39 is 11.9 Å². The SMILES string of the molecule is O=C(OC(=O)c1ccc(O)cc1)c1ccccc1. The van der Waals surface area contributed by atoms with Gasteiger partial charge in [0, 0.05) is 0 Å². The fourth-order valence-corrected chi connectivity index (χ4v) is 1.37. The quantitative estimate of drug-likeness (QED) is 0.648. The third kappa shape index (κ3) is 2.74. The second kappa shape index (κ2) is 5.14. The van der Waals surface area contributed by atoms with E-state index in [1.165, 1.54) is 24.3 Å². The van der Waals surface area contributed by atoms with Crippen molar-refractivity contribution in [3.63, 3.8) is 0 Å². The minimum Gasteiger partial charge on any atom is -0.508 e. The van der Waals surface area contributed by atoms with Crippen LogP contribution in [0, 0.1) is 0 Å². The van der Waals surface area contributed by atoms with Crippen molar-refractivity contribution in [1.29, 1.82) is 0 Å². The molecule has 0 heterocycles. The van der Waals surface area contributed by atoms with Crippen molar-refractivity contribution in [2.75, 3.05) is 0 Å². The van der Waals surface area contributed by atoms with E-state index in [2.05, 4.69) is 0 Å². The average molecular weight is 242 g/mol. The van der Waals surface area contributed by atoms with Crippen LogP contribution in [0.1, 0.15) is 20.7 Å². The van der Waals surface area contributed by atoms with Crippen LogP contribution < -0.4 is 0 Å². The Morgan fingerprint density at radius 2 is 1.28 bits per heavy atom. The van der Waals surface area contributed by atoms with E-state index in [0.29, 0.717) is 5.56 Å². The molecule has 2 rings (SSSR count). The first kappa shape index (κ1) is 11.9. The number of esters is 2. The topological polar surface area (TPSA) is 63.6 Å². The van der Waals surface area contributed by atoms with E-state index in [1.807, 2.05) is 0 Å². The van der Waals surface area contributed by atoms with Gasteiger partial charge in [-0.2, -0.15) is 0 Å². The maximum Gasteiger partial charge on any atom is 0.346 e. The molecule has 0 atom stereocenters. The molecule has 0 radical (unpaired) electrons. The molecule has 0 aromatic heterocycles. The zero-order valence-corrected chi connectivity index (χ0v) is 9.37. The highest BCUT2D eigenvalue weighted by Gasteiger charge is 2.14. The molecule has 2 aromatic rings. The molecule has 18 heavy (non-hydrogen) atoms. The van der Waals surface area contributed by atoms with Gasteiger partial charge in [0.2, 0.25) is 0 Å². The van der Waals surface area contributed by atoms with Gasteiger partial charge < -0.3 is 9.84 Å². The number of benzene rings is 2. The third-order valence-electron chi connectivity index (χ3n) is 2.30. The highest BCUT2D eigenvalue weighted by atomic mass is 16.6. The molecule has 0 amide bonds. The molecule has 0 saturated carbocycles. The minimum absolute atomic E-state index is 0.0425. The number of ether oxygens (including phenoxy) is 1. The number of carbonyl (C=O) groups is 2. The molecule has 4 nitrogen and oxygen atoms in total. The van der Waals surface area contributed by atoms with Gasteiger partial charge in [-0.1, -0.05) is 18.2 Å². The standard InChI is InChI=1S/C14H10O4/c15-12-8-6-11(7-9-12)14(17)18-13(16)10-4-2-1-3-5-10/h1-9,15H. The summed E-state index contributed by atoms with van der Waals surface area (Å²) in [6.45, 7) is 0. The van der Waals surface area contributed by atoms with Crippen LogP contribution in [0.3, 0.4) is 0 Å². The summed E-state index contributed by atoms with van der Waals surface area (Å²) in [5.74, 6) is -1.40. The van der Waals surface area contributed by atoms with E-state index >= 15 is 0 Å². The van der Waals surface area contributed by atoms with Gasteiger partial charge in [0.05, 0.1) is 11.1 Å². The van der Waals surface area contributed by atoms with Gasteiger partial charge in [-0.25, -0.2) is 9.59 Å². The minimum atomic E-state index is -0.746. The molecule has 0 saturated heterocycles. The summed E-state index contributed by atoms with van der Waals surface area (Å²) < 4.78 is 4.70. The van der Waals surface area contributed by atoms with Gasteiger partial charge in [0.25, 0.3) is 0 Å². The predicted octanol–water partition coefficient (Wildman–Crippen LogP) is 2.39. The molecule has 0 aliphatic heterocycles. The Balaban J connectivity index is 2.08. The summed E-state index contributed by atoms with van der Waals surface area (Å²) in [5.41, 5.74) is 0.515. The molecule has 0 aliphatic carbocycles. The summed E-state index contributed by atoms with van der Waals surface area (Å²) >= 11 is 0. The Labute approximate surface area is 103 Å². The van der Waals surface area contributed by atoms with Crippen LogP contribution in [0.5, 0.6) is 5.75 Å². The summed E-state index contributed by atoms with van der Waals surface area (Å²) in [5, 5.41) is 9.08. The van der Waals surface area contributed by atoms with E-state index in [9.17, 15) is 9.59 Å². The molecule has 0 aliphatic rings. The first-order valence-corrected chi connectivity index (χ1v) is 5.27. The highest BCUT2D eigenvalue weighted by Crippen LogP contribution is 2.11. The zero-order valence-electron chi connectivity index (χ0n) is 9.37. The van der Waals surface area contributed by atoms with Crippen molar-refractivity contribution in [1.82, 2.24) is 0 Å². The summed E-state index contributed by atoms with van der Waals surface area (Å²) in [6, 6.07) is 13.7. The molecule has 0 spiro atoms. The molecule has 0 fully saturated rings. The Kier molecular flexibility index (Phi) is 3.38.